The van der Waals surface area contributed by atoms with Crippen LogP contribution in [0.15, 0.2) is 41.2 Å². The second-order valence-electron chi connectivity index (χ2n) is 8.35. The maximum atomic E-state index is 15.3. The number of aryl methyl sites for hydroxylation is 1. The fourth-order valence-electron chi connectivity index (χ4n) is 4.45. The van der Waals surface area contributed by atoms with Crippen molar-refractivity contribution in [3.8, 4) is 5.69 Å². The Labute approximate surface area is 185 Å². The van der Waals surface area contributed by atoms with Gasteiger partial charge < -0.3 is 10.0 Å². The third kappa shape index (κ3) is 3.44. The Kier molecular flexibility index (Phi) is 5.73. The lowest BCUT2D eigenvalue weighted by molar-refractivity contribution is 0.0954. The summed E-state index contributed by atoms with van der Waals surface area (Å²) in [6.45, 7) is 8.07. The van der Waals surface area contributed by atoms with Gasteiger partial charge in [-0.2, -0.15) is 4.68 Å². The molecule has 4 rings (SSSR count). The number of halogens is 1. The van der Waals surface area contributed by atoms with Crippen LogP contribution in [-0.2, 0) is 13.2 Å². The molecular formula is C24H27FN4O3. The monoisotopic (exact) mass is 438 g/mol. The molecule has 0 aliphatic carbocycles. The lowest BCUT2D eigenvalue weighted by Crippen LogP contribution is -2.42. The van der Waals surface area contributed by atoms with Crippen LogP contribution in [0.1, 0.15) is 54.0 Å². The zero-order valence-electron chi connectivity index (χ0n) is 18.7. The van der Waals surface area contributed by atoms with E-state index in [1.54, 1.807) is 6.92 Å². The number of carbonyl (C=O) groups excluding carboxylic acids is 1. The molecule has 32 heavy (non-hydrogen) atoms. The Hall–Kier alpha value is -3.26. The van der Waals surface area contributed by atoms with Gasteiger partial charge in [-0.1, -0.05) is 24.3 Å². The molecule has 1 aliphatic rings. The molecule has 0 bridgehead atoms. The highest BCUT2D eigenvalue weighted by molar-refractivity contribution is 6.08. The van der Waals surface area contributed by atoms with Gasteiger partial charge in [-0.15, -0.1) is 5.10 Å². The van der Waals surface area contributed by atoms with Crippen LogP contribution in [0.5, 0.6) is 0 Å². The van der Waals surface area contributed by atoms with Crippen LogP contribution in [-0.4, -0.2) is 37.8 Å². The minimum absolute atomic E-state index is 0.0385. The number of aliphatic hydroxyl groups is 1. The molecule has 1 N–H and O–H groups in total. The Balaban J connectivity index is 1.89. The Morgan fingerprint density at radius 1 is 1.19 bits per heavy atom. The number of benzene rings is 2. The Morgan fingerprint density at radius 2 is 1.91 bits per heavy atom. The second kappa shape index (κ2) is 8.35. The van der Waals surface area contributed by atoms with E-state index in [9.17, 15) is 14.7 Å². The average Bonchev–Trinajstić information content (AvgIpc) is 3.09. The van der Waals surface area contributed by atoms with Gasteiger partial charge in [-0.3, -0.25) is 9.36 Å². The van der Waals surface area contributed by atoms with Crippen molar-refractivity contribution in [1.29, 1.82) is 0 Å². The zero-order chi connectivity index (χ0) is 23.2. The molecule has 0 saturated heterocycles. The molecule has 1 aliphatic heterocycles. The molecule has 1 unspecified atom stereocenters. The molecule has 2 heterocycles. The first-order chi connectivity index (χ1) is 15.3. The van der Waals surface area contributed by atoms with E-state index in [1.807, 2.05) is 45.0 Å². The van der Waals surface area contributed by atoms with Gasteiger partial charge >= 0.3 is 5.69 Å². The molecule has 0 radical (unpaired) electrons. The van der Waals surface area contributed by atoms with E-state index in [4.69, 9.17) is 0 Å². The van der Waals surface area contributed by atoms with E-state index in [0.29, 0.717) is 24.3 Å². The maximum absolute atomic E-state index is 15.3. The van der Waals surface area contributed by atoms with E-state index in [1.165, 1.54) is 16.7 Å². The summed E-state index contributed by atoms with van der Waals surface area (Å²) in [6.07, 6.45) is 0. The van der Waals surface area contributed by atoms with Crippen LogP contribution in [0.25, 0.3) is 5.69 Å². The van der Waals surface area contributed by atoms with Crippen molar-refractivity contribution in [3.05, 3.63) is 75.2 Å². The molecule has 168 valence electrons. The van der Waals surface area contributed by atoms with Gasteiger partial charge in [-0.25, -0.2) is 9.18 Å². The molecule has 7 nitrogen and oxygen atoms in total. The summed E-state index contributed by atoms with van der Waals surface area (Å²) in [4.78, 5) is 28.3. The number of aromatic nitrogens is 3. The third-order valence-electron chi connectivity index (χ3n) is 6.15. The van der Waals surface area contributed by atoms with Gasteiger partial charge in [0.1, 0.15) is 18.1 Å². The number of rotatable bonds is 5. The Bertz CT molecular complexity index is 1240. The minimum atomic E-state index is -0.710. The van der Waals surface area contributed by atoms with Crippen LogP contribution < -0.4 is 10.6 Å². The van der Waals surface area contributed by atoms with Gasteiger partial charge in [-0.05, 0) is 51.0 Å². The number of ketones is 1. The molecule has 0 spiro atoms. The predicted molar refractivity (Wildman–Crippen MR) is 120 cm³/mol. The van der Waals surface area contributed by atoms with Crippen molar-refractivity contribution >= 4 is 11.5 Å². The average molecular weight is 439 g/mol. The molecule has 0 fully saturated rings. The molecule has 0 amide bonds. The Morgan fingerprint density at radius 3 is 2.50 bits per heavy atom. The van der Waals surface area contributed by atoms with Crippen LogP contribution >= 0.6 is 0 Å². The van der Waals surface area contributed by atoms with Crippen molar-refractivity contribution in [2.45, 2.75) is 52.8 Å². The molecule has 3 aromatic rings. The molecule has 2 aromatic carbocycles. The summed E-state index contributed by atoms with van der Waals surface area (Å²) in [5.74, 6) is -1.09. The molecule has 0 saturated carbocycles. The SMILES string of the molecule is CCn1c(CO)nn(-c2cc3c(cc2F)C(=O)C(c2ccccc2C)CN3C(C)C)c1=O. The van der Waals surface area contributed by atoms with Gasteiger partial charge in [0.2, 0.25) is 0 Å². The summed E-state index contributed by atoms with van der Waals surface area (Å²) in [5.41, 5.74) is 2.25. The fraction of sp³-hybridized carbons (Fsp3) is 0.375. The highest BCUT2D eigenvalue weighted by atomic mass is 19.1. The van der Waals surface area contributed by atoms with Crippen LogP contribution in [0.3, 0.4) is 0 Å². The van der Waals surface area contributed by atoms with Crippen LogP contribution in [0.4, 0.5) is 10.1 Å². The number of hydrogen-bond acceptors (Lipinski definition) is 5. The number of carbonyl (C=O) groups is 1. The number of nitrogens with zero attached hydrogens (tertiary/aromatic N) is 4. The van der Waals surface area contributed by atoms with Crippen LogP contribution in [0, 0.1) is 12.7 Å². The zero-order valence-corrected chi connectivity index (χ0v) is 18.7. The predicted octanol–water partition coefficient (Wildman–Crippen LogP) is 3.19. The van der Waals surface area contributed by atoms with Crippen molar-refractivity contribution < 1.29 is 14.3 Å². The summed E-state index contributed by atoms with van der Waals surface area (Å²) < 4.78 is 17.5. The van der Waals surface area contributed by atoms with E-state index in [-0.39, 0.29) is 23.3 Å². The van der Waals surface area contributed by atoms with Crippen molar-refractivity contribution in [2.24, 2.45) is 0 Å². The lowest BCUT2D eigenvalue weighted by Gasteiger charge is -2.38. The van der Waals surface area contributed by atoms with Gasteiger partial charge in [0.15, 0.2) is 11.6 Å². The summed E-state index contributed by atoms with van der Waals surface area (Å²) >= 11 is 0. The normalized spacial score (nSPS) is 16.0. The molecule has 1 atom stereocenters. The quantitative estimate of drug-likeness (QED) is 0.662. The number of aliphatic hydroxyl groups excluding tert-OH is 1. The van der Waals surface area contributed by atoms with Gasteiger partial charge in [0.25, 0.3) is 0 Å². The summed E-state index contributed by atoms with van der Waals surface area (Å²) in [6, 6.07) is 10.5. The van der Waals surface area contributed by atoms with E-state index < -0.39 is 24.0 Å². The molecule has 1 aromatic heterocycles. The second-order valence-corrected chi connectivity index (χ2v) is 8.35. The first kappa shape index (κ1) is 22.0. The fourth-order valence-corrected chi connectivity index (χ4v) is 4.45. The largest absolute Gasteiger partial charge is 0.388 e. The third-order valence-corrected chi connectivity index (χ3v) is 6.15. The van der Waals surface area contributed by atoms with Gasteiger partial charge in [0.05, 0.1) is 11.6 Å². The summed E-state index contributed by atoms with van der Waals surface area (Å²) in [7, 11) is 0. The summed E-state index contributed by atoms with van der Waals surface area (Å²) in [5, 5.41) is 13.6. The topological polar surface area (TPSA) is 80.4 Å². The number of hydrogen-bond donors (Lipinski definition) is 1. The van der Waals surface area contributed by atoms with Crippen molar-refractivity contribution in [1.82, 2.24) is 14.3 Å². The molecule has 8 heteroatoms. The number of Topliss-reactive ketones (excluding diaryl/α,β-unsaturated/α-hetero) is 1. The van der Waals surface area contributed by atoms with Crippen molar-refractivity contribution in [3.63, 3.8) is 0 Å². The standard InChI is InChI=1S/C24H27FN4O3/c1-5-27-22(13-30)26-29(24(27)32)21-11-20-17(10-19(21)25)23(31)18(12-28(20)14(2)3)16-9-7-6-8-15(16)4/h6-11,14,18,30H,5,12-13H2,1-4H3. The van der Waals surface area contributed by atoms with E-state index in [0.717, 1.165) is 15.8 Å². The van der Waals surface area contributed by atoms with Crippen molar-refractivity contribution in [2.75, 3.05) is 11.4 Å². The molecular weight excluding hydrogens is 411 g/mol. The number of fused-ring (bicyclic) bond motifs is 1. The highest BCUT2D eigenvalue weighted by Gasteiger charge is 2.36. The van der Waals surface area contributed by atoms with E-state index in [2.05, 4.69) is 10.00 Å². The maximum Gasteiger partial charge on any atom is 0.350 e. The minimum Gasteiger partial charge on any atom is -0.388 e. The first-order valence-electron chi connectivity index (χ1n) is 10.8. The lowest BCUT2D eigenvalue weighted by atomic mass is 9.83. The highest BCUT2D eigenvalue weighted by Crippen LogP contribution is 2.38. The smallest absolute Gasteiger partial charge is 0.350 e. The first-order valence-corrected chi connectivity index (χ1v) is 10.8. The number of anilines is 1. The van der Waals surface area contributed by atoms with Gasteiger partial charge in [0, 0.05) is 24.7 Å². The van der Waals surface area contributed by atoms with Crippen LogP contribution in [0.2, 0.25) is 0 Å². The van der Waals surface area contributed by atoms with E-state index >= 15 is 4.39 Å².